The van der Waals surface area contributed by atoms with E-state index in [9.17, 15) is 17.6 Å². The maximum Gasteiger partial charge on any atom is 0.261 e. The summed E-state index contributed by atoms with van der Waals surface area (Å²) in [6, 6.07) is 9.99. The number of amides is 1. The fraction of sp³-hybridized carbons (Fsp3) is 0.350. The molecular formula is C20H24FN3O3S. The summed E-state index contributed by atoms with van der Waals surface area (Å²) in [4.78, 5) is 16.7. The predicted molar refractivity (Wildman–Crippen MR) is 106 cm³/mol. The van der Waals surface area contributed by atoms with Gasteiger partial charge in [-0.15, -0.1) is 0 Å². The number of nitrogens with zero attached hydrogens (tertiary/aromatic N) is 2. The average Bonchev–Trinajstić information content (AvgIpc) is 2.88. The van der Waals surface area contributed by atoms with Gasteiger partial charge in [-0.05, 0) is 75.0 Å². The summed E-state index contributed by atoms with van der Waals surface area (Å²) in [5.74, 6) is -0.514. The van der Waals surface area contributed by atoms with Gasteiger partial charge in [0.05, 0.1) is 4.90 Å². The minimum atomic E-state index is -3.83. The highest BCUT2D eigenvalue weighted by molar-refractivity contribution is 7.92. The first-order valence-corrected chi connectivity index (χ1v) is 10.6. The van der Waals surface area contributed by atoms with Crippen LogP contribution in [-0.2, 0) is 10.0 Å². The van der Waals surface area contributed by atoms with Crippen LogP contribution >= 0.6 is 0 Å². The second kappa shape index (κ2) is 8.28. The molecule has 150 valence electrons. The molecule has 0 unspecified atom stereocenters. The van der Waals surface area contributed by atoms with Gasteiger partial charge in [0.1, 0.15) is 5.82 Å². The number of hydrogen-bond donors (Lipinski definition) is 1. The number of halogens is 1. The molecule has 6 nitrogen and oxygen atoms in total. The SMILES string of the molecule is Cc1cc(S(=O)(=O)Nc2ccc(C(=O)N3CCCN(C)CC3)cc2)ccc1F. The van der Waals surface area contributed by atoms with Gasteiger partial charge in [0.2, 0.25) is 0 Å². The summed E-state index contributed by atoms with van der Waals surface area (Å²) in [6.07, 6.45) is 0.928. The van der Waals surface area contributed by atoms with Crippen LogP contribution in [0.25, 0.3) is 0 Å². The number of rotatable bonds is 4. The molecule has 1 heterocycles. The summed E-state index contributed by atoms with van der Waals surface area (Å²) in [5.41, 5.74) is 1.12. The fourth-order valence-corrected chi connectivity index (χ4v) is 4.25. The lowest BCUT2D eigenvalue weighted by atomic mass is 10.2. The molecule has 0 spiro atoms. The van der Waals surface area contributed by atoms with Crippen LogP contribution in [0.2, 0.25) is 0 Å². The van der Waals surface area contributed by atoms with E-state index in [-0.39, 0.29) is 16.4 Å². The van der Waals surface area contributed by atoms with E-state index >= 15 is 0 Å². The summed E-state index contributed by atoms with van der Waals surface area (Å²) in [5, 5.41) is 0. The quantitative estimate of drug-likeness (QED) is 0.849. The molecule has 1 fully saturated rings. The number of hydrogen-bond acceptors (Lipinski definition) is 4. The highest BCUT2D eigenvalue weighted by Gasteiger charge is 2.20. The van der Waals surface area contributed by atoms with E-state index in [0.717, 1.165) is 25.6 Å². The molecule has 0 saturated carbocycles. The molecular weight excluding hydrogens is 381 g/mol. The standard InChI is InChI=1S/C20H24FN3O3S/c1-15-14-18(8-9-19(15)21)28(26,27)22-17-6-4-16(5-7-17)20(25)24-11-3-10-23(2)12-13-24/h4-9,14,22H,3,10-13H2,1-2H3. The third kappa shape index (κ3) is 4.69. The lowest BCUT2D eigenvalue weighted by molar-refractivity contribution is 0.0763. The molecule has 8 heteroatoms. The van der Waals surface area contributed by atoms with Crippen molar-refractivity contribution < 1.29 is 17.6 Å². The van der Waals surface area contributed by atoms with Crippen molar-refractivity contribution in [2.45, 2.75) is 18.2 Å². The largest absolute Gasteiger partial charge is 0.337 e. The summed E-state index contributed by atoms with van der Waals surface area (Å²) < 4.78 is 40.8. The van der Waals surface area contributed by atoms with Crippen LogP contribution < -0.4 is 4.72 Å². The van der Waals surface area contributed by atoms with E-state index < -0.39 is 15.8 Å². The van der Waals surface area contributed by atoms with E-state index in [1.165, 1.54) is 19.1 Å². The van der Waals surface area contributed by atoms with Gasteiger partial charge >= 0.3 is 0 Å². The molecule has 0 bridgehead atoms. The number of benzene rings is 2. The van der Waals surface area contributed by atoms with Crippen LogP contribution in [0.1, 0.15) is 22.3 Å². The van der Waals surface area contributed by atoms with Crippen LogP contribution in [0.3, 0.4) is 0 Å². The van der Waals surface area contributed by atoms with Crippen molar-refractivity contribution in [1.29, 1.82) is 0 Å². The first-order chi connectivity index (χ1) is 13.3. The second-order valence-corrected chi connectivity index (χ2v) is 8.73. The van der Waals surface area contributed by atoms with Crippen LogP contribution in [-0.4, -0.2) is 57.4 Å². The molecule has 28 heavy (non-hydrogen) atoms. The third-order valence-corrected chi connectivity index (χ3v) is 6.21. The molecule has 0 aromatic heterocycles. The summed E-state index contributed by atoms with van der Waals surface area (Å²) in [6.45, 7) is 4.69. The summed E-state index contributed by atoms with van der Waals surface area (Å²) in [7, 11) is -1.80. The van der Waals surface area contributed by atoms with Crippen molar-refractivity contribution in [3.05, 3.63) is 59.4 Å². The molecule has 1 saturated heterocycles. The Bertz CT molecular complexity index is 961. The maximum atomic E-state index is 13.4. The summed E-state index contributed by atoms with van der Waals surface area (Å²) >= 11 is 0. The van der Waals surface area contributed by atoms with Gasteiger partial charge in [-0.25, -0.2) is 12.8 Å². The zero-order valence-corrected chi connectivity index (χ0v) is 16.8. The van der Waals surface area contributed by atoms with Crippen molar-refractivity contribution >= 4 is 21.6 Å². The Kier molecular flexibility index (Phi) is 6.00. The van der Waals surface area contributed by atoms with E-state index in [4.69, 9.17) is 0 Å². The maximum absolute atomic E-state index is 13.4. The van der Waals surface area contributed by atoms with Crippen molar-refractivity contribution in [3.8, 4) is 0 Å². The first kappa shape index (κ1) is 20.3. The zero-order valence-electron chi connectivity index (χ0n) is 16.0. The van der Waals surface area contributed by atoms with Gasteiger partial charge in [0, 0.05) is 30.9 Å². The molecule has 3 rings (SSSR count). The average molecular weight is 405 g/mol. The number of sulfonamides is 1. The third-order valence-electron chi connectivity index (χ3n) is 4.83. The molecule has 1 aliphatic rings. The topological polar surface area (TPSA) is 69.7 Å². The number of anilines is 1. The van der Waals surface area contributed by atoms with Gasteiger partial charge < -0.3 is 9.80 Å². The first-order valence-electron chi connectivity index (χ1n) is 9.13. The monoisotopic (exact) mass is 405 g/mol. The smallest absolute Gasteiger partial charge is 0.261 e. The van der Waals surface area contributed by atoms with Crippen LogP contribution in [0.15, 0.2) is 47.4 Å². The lowest BCUT2D eigenvalue weighted by Gasteiger charge is -2.20. The van der Waals surface area contributed by atoms with Gasteiger partial charge in [-0.2, -0.15) is 0 Å². The van der Waals surface area contributed by atoms with E-state index in [1.807, 2.05) is 11.9 Å². The minimum absolute atomic E-state index is 0.0137. The lowest BCUT2D eigenvalue weighted by Crippen LogP contribution is -2.34. The predicted octanol–water partition coefficient (Wildman–Crippen LogP) is 2.71. The van der Waals surface area contributed by atoms with Crippen molar-refractivity contribution in [2.75, 3.05) is 37.9 Å². The Hall–Kier alpha value is -2.45. The van der Waals surface area contributed by atoms with E-state index in [0.29, 0.717) is 24.3 Å². The van der Waals surface area contributed by atoms with Crippen LogP contribution in [0, 0.1) is 12.7 Å². The molecule has 1 N–H and O–H groups in total. The highest BCUT2D eigenvalue weighted by atomic mass is 32.2. The van der Waals surface area contributed by atoms with Gasteiger partial charge in [-0.3, -0.25) is 9.52 Å². The Morgan fingerprint density at radius 1 is 1.04 bits per heavy atom. The minimum Gasteiger partial charge on any atom is -0.337 e. The molecule has 1 amide bonds. The van der Waals surface area contributed by atoms with Crippen molar-refractivity contribution in [3.63, 3.8) is 0 Å². The zero-order chi connectivity index (χ0) is 20.3. The van der Waals surface area contributed by atoms with Crippen LogP contribution in [0.4, 0.5) is 10.1 Å². The van der Waals surface area contributed by atoms with Crippen molar-refractivity contribution in [2.24, 2.45) is 0 Å². The van der Waals surface area contributed by atoms with Gasteiger partial charge in [0.25, 0.3) is 15.9 Å². The normalized spacial score (nSPS) is 15.9. The molecule has 0 atom stereocenters. The molecule has 1 aliphatic heterocycles. The number of nitrogens with one attached hydrogen (secondary N) is 1. The number of likely N-dealkylation sites (N-methyl/N-ethyl adjacent to an activating group) is 1. The van der Waals surface area contributed by atoms with E-state index in [2.05, 4.69) is 9.62 Å². The van der Waals surface area contributed by atoms with E-state index in [1.54, 1.807) is 24.3 Å². The number of aryl methyl sites for hydroxylation is 1. The Labute approximate surface area is 165 Å². The molecule has 2 aromatic rings. The highest BCUT2D eigenvalue weighted by Crippen LogP contribution is 2.19. The fourth-order valence-electron chi connectivity index (χ4n) is 3.11. The van der Waals surface area contributed by atoms with Gasteiger partial charge in [-0.1, -0.05) is 0 Å². The van der Waals surface area contributed by atoms with Crippen LogP contribution in [0.5, 0.6) is 0 Å². The molecule has 2 aromatic carbocycles. The molecule has 0 aliphatic carbocycles. The number of carbonyl (C=O) groups is 1. The Morgan fingerprint density at radius 2 is 1.75 bits per heavy atom. The Balaban J connectivity index is 1.71. The second-order valence-electron chi connectivity index (χ2n) is 7.04. The number of carbonyl (C=O) groups excluding carboxylic acids is 1. The van der Waals surface area contributed by atoms with Crippen molar-refractivity contribution in [1.82, 2.24) is 9.80 Å². The Morgan fingerprint density at radius 3 is 2.43 bits per heavy atom. The molecule has 0 radical (unpaired) electrons. The van der Waals surface area contributed by atoms with Gasteiger partial charge in [0.15, 0.2) is 0 Å².